The molecule has 0 aromatic heterocycles. The molecule has 4 N–H and O–H groups in total. The minimum absolute atomic E-state index is 0.298. The van der Waals surface area contributed by atoms with Crippen molar-refractivity contribution in [2.45, 2.75) is 48.7 Å². The molecule has 0 aromatic rings. The first-order valence-electron chi connectivity index (χ1n) is 5.82. The van der Waals surface area contributed by atoms with Crippen molar-refractivity contribution < 1.29 is 20.1 Å². The van der Waals surface area contributed by atoms with Crippen molar-refractivity contribution in [3.05, 3.63) is 0 Å². The van der Waals surface area contributed by atoms with Crippen LogP contribution < -0.4 is 5.32 Å². The third kappa shape index (κ3) is 2.17. The number of nitrogens with zero attached hydrogens (tertiary/aromatic N) is 1. The summed E-state index contributed by atoms with van der Waals surface area (Å²) in [6.45, 7) is -0.298. The van der Waals surface area contributed by atoms with Gasteiger partial charge in [0.15, 0.2) is 5.17 Å². The number of ether oxygens (including phenoxy) is 1. The zero-order chi connectivity index (χ0) is 12.0. The van der Waals surface area contributed by atoms with E-state index in [1.807, 2.05) is 0 Å². The molecule has 1 aliphatic carbocycles. The lowest BCUT2D eigenvalue weighted by Crippen LogP contribution is -2.55. The Morgan fingerprint density at radius 2 is 2.12 bits per heavy atom. The van der Waals surface area contributed by atoms with E-state index in [0.717, 1.165) is 18.0 Å². The molecule has 0 unspecified atom stereocenters. The predicted octanol–water partition coefficient (Wildman–Crippen LogP) is -1.35. The molecule has 2 heterocycles. The van der Waals surface area contributed by atoms with Crippen LogP contribution in [0.5, 0.6) is 0 Å². The van der Waals surface area contributed by atoms with Crippen molar-refractivity contribution in [2.24, 2.45) is 4.99 Å². The molecule has 1 saturated carbocycles. The highest BCUT2D eigenvalue weighted by Crippen LogP contribution is 2.36. The summed E-state index contributed by atoms with van der Waals surface area (Å²) in [5, 5.41) is 32.7. The van der Waals surface area contributed by atoms with Gasteiger partial charge in [-0.1, -0.05) is 11.8 Å². The van der Waals surface area contributed by atoms with E-state index in [1.54, 1.807) is 0 Å². The third-order valence-electron chi connectivity index (χ3n) is 3.25. The summed E-state index contributed by atoms with van der Waals surface area (Å²) >= 11 is 1.42. The highest BCUT2D eigenvalue weighted by Gasteiger charge is 2.48. The van der Waals surface area contributed by atoms with Crippen molar-refractivity contribution in [2.75, 3.05) is 6.61 Å². The van der Waals surface area contributed by atoms with Crippen LogP contribution in [0.3, 0.4) is 0 Å². The zero-order valence-electron chi connectivity index (χ0n) is 9.19. The lowest BCUT2D eigenvalue weighted by atomic mass is 9.99. The molecule has 0 radical (unpaired) electrons. The summed E-state index contributed by atoms with van der Waals surface area (Å²) in [6, 6.07) is 0.0520. The Labute approximate surface area is 103 Å². The average Bonchev–Trinajstić information content (AvgIpc) is 3.02. The molecular weight excluding hydrogens is 244 g/mol. The van der Waals surface area contributed by atoms with Crippen LogP contribution in [0.15, 0.2) is 4.99 Å². The van der Waals surface area contributed by atoms with Gasteiger partial charge in [-0.15, -0.1) is 0 Å². The van der Waals surface area contributed by atoms with Gasteiger partial charge in [-0.05, 0) is 12.8 Å². The lowest BCUT2D eigenvalue weighted by Gasteiger charge is -2.37. The summed E-state index contributed by atoms with van der Waals surface area (Å²) in [4.78, 5) is 4.34. The Morgan fingerprint density at radius 3 is 2.76 bits per heavy atom. The van der Waals surface area contributed by atoms with Gasteiger partial charge in [0.05, 0.1) is 6.61 Å². The Morgan fingerprint density at radius 1 is 1.35 bits per heavy atom. The second-order valence-corrected chi connectivity index (χ2v) is 5.76. The van der Waals surface area contributed by atoms with Crippen LogP contribution in [-0.4, -0.2) is 62.9 Å². The Balaban J connectivity index is 1.69. The highest BCUT2D eigenvalue weighted by atomic mass is 32.2. The zero-order valence-corrected chi connectivity index (χ0v) is 10.0. The molecular formula is C10H16N2O4S. The monoisotopic (exact) mass is 260 g/mol. The van der Waals surface area contributed by atoms with Gasteiger partial charge < -0.3 is 25.4 Å². The van der Waals surface area contributed by atoms with Gasteiger partial charge in [-0.2, -0.15) is 0 Å². The number of amidine groups is 1. The molecule has 0 aromatic carbocycles. The lowest BCUT2D eigenvalue weighted by molar-refractivity contribution is -0.164. The molecule has 6 nitrogen and oxygen atoms in total. The molecule has 3 rings (SSSR count). The van der Waals surface area contributed by atoms with E-state index in [9.17, 15) is 10.2 Å². The number of hydrogen-bond acceptors (Lipinski definition) is 7. The molecule has 0 bridgehead atoms. The maximum absolute atomic E-state index is 9.93. The van der Waals surface area contributed by atoms with Crippen LogP contribution in [-0.2, 0) is 4.74 Å². The first kappa shape index (κ1) is 11.7. The van der Waals surface area contributed by atoms with Crippen molar-refractivity contribution in [1.29, 1.82) is 0 Å². The van der Waals surface area contributed by atoms with Crippen LogP contribution in [0.1, 0.15) is 12.8 Å². The molecule has 3 aliphatic rings. The smallest absolute Gasteiger partial charge is 0.159 e. The predicted molar refractivity (Wildman–Crippen MR) is 62.7 cm³/mol. The van der Waals surface area contributed by atoms with E-state index in [4.69, 9.17) is 9.84 Å². The average molecular weight is 260 g/mol. The molecule has 17 heavy (non-hydrogen) atoms. The molecule has 7 heteroatoms. The van der Waals surface area contributed by atoms with E-state index in [0.29, 0.717) is 6.04 Å². The molecule has 96 valence electrons. The van der Waals surface area contributed by atoms with E-state index in [1.165, 1.54) is 11.8 Å². The third-order valence-corrected chi connectivity index (χ3v) is 4.32. The van der Waals surface area contributed by atoms with Crippen molar-refractivity contribution in [3.63, 3.8) is 0 Å². The summed E-state index contributed by atoms with van der Waals surface area (Å²) in [5.41, 5.74) is -0.313. The number of fused-ring (bicyclic) bond motifs is 1. The fourth-order valence-corrected chi connectivity index (χ4v) is 3.25. The summed E-state index contributed by atoms with van der Waals surface area (Å²) in [6.07, 6.45) is -0.475. The van der Waals surface area contributed by atoms with E-state index >= 15 is 0 Å². The fraction of sp³-hybridized carbons (Fsp3) is 0.900. The van der Waals surface area contributed by atoms with Crippen LogP contribution >= 0.6 is 11.8 Å². The Bertz CT molecular complexity index is 336. The van der Waals surface area contributed by atoms with Crippen LogP contribution in [0.2, 0.25) is 0 Å². The molecule has 1 saturated heterocycles. The first-order chi connectivity index (χ1) is 8.19. The van der Waals surface area contributed by atoms with Crippen molar-refractivity contribution in [3.8, 4) is 0 Å². The Kier molecular flexibility index (Phi) is 3.04. The fourth-order valence-electron chi connectivity index (χ4n) is 2.05. The quantitative estimate of drug-likeness (QED) is 0.490. The maximum atomic E-state index is 9.93. The van der Waals surface area contributed by atoms with Crippen LogP contribution in [0.25, 0.3) is 0 Å². The SMILES string of the molecule is OC[C@H]1O[C@@H]2SC(NC3CC3)=N[C@@H]2[C@@H](O)[C@@H]1O. The minimum atomic E-state index is -1.08. The maximum Gasteiger partial charge on any atom is 0.159 e. The summed E-state index contributed by atoms with van der Waals surface area (Å²) in [7, 11) is 0. The number of thioether (sulfide) groups is 1. The van der Waals surface area contributed by atoms with Gasteiger partial charge in [0.2, 0.25) is 0 Å². The van der Waals surface area contributed by atoms with E-state index in [2.05, 4.69) is 10.3 Å². The number of rotatable bonds is 2. The number of aliphatic hydroxyl groups is 3. The van der Waals surface area contributed by atoms with E-state index in [-0.39, 0.29) is 12.0 Å². The normalized spacial score (nSPS) is 45.4. The van der Waals surface area contributed by atoms with Crippen molar-refractivity contribution in [1.82, 2.24) is 5.32 Å². The van der Waals surface area contributed by atoms with Gasteiger partial charge in [0, 0.05) is 6.04 Å². The number of aliphatic hydroxyl groups excluding tert-OH is 3. The van der Waals surface area contributed by atoms with Gasteiger partial charge in [0.1, 0.15) is 29.8 Å². The molecule has 0 spiro atoms. The number of nitrogens with one attached hydrogen (secondary N) is 1. The van der Waals surface area contributed by atoms with Crippen LogP contribution in [0, 0.1) is 0 Å². The van der Waals surface area contributed by atoms with Gasteiger partial charge in [-0.3, -0.25) is 4.99 Å². The molecule has 2 fully saturated rings. The topological polar surface area (TPSA) is 94.3 Å². The van der Waals surface area contributed by atoms with Gasteiger partial charge in [-0.25, -0.2) is 0 Å². The van der Waals surface area contributed by atoms with Gasteiger partial charge >= 0.3 is 0 Å². The largest absolute Gasteiger partial charge is 0.394 e. The number of aliphatic imine (C=N–C) groups is 1. The number of hydrogen-bond donors (Lipinski definition) is 4. The molecule has 0 amide bonds. The van der Waals surface area contributed by atoms with Crippen LogP contribution in [0.4, 0.5) is 0 Å². The van der Waals surface area contributed by atoms with E-state index < -0.39 is 24.4 Å². The summed E-state index contributed by atoms with van der Waals surface area (Å²) in [5.74, 6) is 0. The highest BCUT2D eigenvalue weighted by molar-refractivity contribution is 8.14. The first-order valence-corrected chi connectivity index (χ1v) is 6.70. The van der Waals surface area contributed by atoms with Gasteiger partial charge in [0.25, 0.3) is 0 Å². The second-order valence-electron chi connectivity index (χ2n) is 4.67. The standard InChI is InChI=1S/C10H16N2O4S/c13-3-5-7(14)8(15)6-9(16-5)17-10(12-6)11-4-1-2-4/h4-9,13-15H,1-3H2,(H,11,12)/t5-,6-,7-,8-,9-/m1/s1. The summed E-state index contributed by atoms with van der Waals surface area (Å²) < 4.78 is 5.52. The Hall–Kier alpha value is -0.340. The minimum Gasteiger partial charge on any atom is -0.394 e. The second kappa shape index (κ2) is 4.40. The molecule has 2 aliphatic heterocycles. The van der Waals surface area contributed by atoms with Crippen molar-refractivity contribution >= 4 is 16.9 Å². The molecule has 5 atom stereocenters.